The molecule has 0 aliphatic heterocycles. The Bertz CT molecular complexity index is 299. The van der Waals surface area contributed by atoms with E-state index in [2.05, 4.69) is 29.5 Å². The average molecular weight is 214 g/mol. The van der Waals surface area contributed by atoms with Crippen LogP contribution in [-0.2, 0) is 6.54 Å². The molecular formula is C10H16ClN3. The summed E-state index contributed by atoms with van der Waals surface area (Å²) in [6.07, 6.45) is 0. The van der Waals surface area contributed by atoms with Gasteiger partial charge in [-0.15, -0.1) is 0 Å². The van der Waals surface area contributed by atoms with Crippen LogP contribution >= 0.6 is 11.6 Å². The highest BCUT2D eigenvalue weighted by Gasteiger charge is 2.03. The second-order valence-corrected chi connectivity index (χ2v) is 3.82. The van der Waals surface area contributed by atoms with Crippen molar-refractivity contribution in [3.05, 3.63) is 22.8 Å². The number of aromatic nitrogens is 1. The van der Waals surface area contributed by atoms with Crippen molar-refractivity contribution in [3.63, 3.8) is 0 Å². The predicted octanol–water partition coefficient (Wildman–Crippen LogP) is 2.27. The van der Waals surface area contributed by atoms with Crippen molar-refractivity contribution < 1.29 is 0 Å². The quantitative estimate of drug-likeness (QED) is 0.806. The third-order valence-electron chi connectivity index (χ3n) is 1.85. The first-order valence-electron chi connectivity index (χ1n) is 4.70. The van der Waals surface area contributed by atoms with Gasteiger partial charge in [0.05, 0.1) is 10.7 Å². The summed E-state index contributed by atoms with van der Waals surface area (Å²) in [5.41, 5.74) is 0.882. The van der Waals surface area contributed by atoms with Crippen molar-refractivity contribution in [2.75, 3.05) is 12.4 Å². The molecule has 0 atom stereocenters. The number of rotatable bonds is 4. The molecule has 1 heterocycles. The van der Waals surface area contributed by atoms with Crippen molar-refractivity contribution in [3.8, 4) is 0 Å². The first kappa shape index (κ1) is 11.3. The van der Waals surface area contributed by atoms with Crippen LogP contribution in [-0.4, -0.2) is 18.1 Å². The summed E-state index contributed by atoms with van der Waals surface area (Å²) in [6, 6.07) is 4.16. The molecule has 0 amide bonds. The third kappa shape index (κ3) is 3.16. The Morgan fingerprint density at radius 1 is 1.43 bits per heavy atom. The SMILES string of the molecule is CNc1ccc(Cl)c(CNC(C)C)n1. The number of hydrogen-bond acceptors (Lipinski definition) is 3. The van der Waals surface area contributed by atoms with Gasteiger partial charge in [-0.25, -0.2) is 4.98 Å². The van der Waals surface area contributed by atoms with Gasteiger partial charge in [0.1, 0.15) is 5.82 Å². The van der Waals surface area contributed by atoms with Crippen LogP contribution in [0.25, 0.3) is 0 Å². The molecule has 0 radical (unpaired) electrons. The van der Waals surface area contributed by atoms with Gasteiger partial charge >= 0.3 is 0 Å². The summed E-state index contributed by atoms with van der Waals surface area (Å²) in [6.45, 7) is 4.89. The van der Waals surface area contributed by atoms with Gasteiger partial charge in [-0.1, -0.05) is 25.4 Å². The van der Waals surface area contributed by atoms with E-state index in [1.807, 2.05) is 19.2 Å². The van der Waals surface area contributed by atoms with Crippen LogP contribution in [0.5, 0.6) is 0 Å². The monoisotopic (exact) mass is 213 g/mol. The van der Waals surface area contributed by atoms with Crippen molar-refractivity contribution in [2.24, 2.45) is 0 Å². The minimum atomic E-state index is 0.436. The van der Waals surface area contributed by atoms with Crippen LogP contribution < -0.4 is 10.6 Å². The Balaban J connectivity index is 2.73. The zero-order valence-corrected chi connectivity index (χ0v) is 9.52. The fourth-order valence-corrected chi connectivity index (χ4v) is 1.22. The van der Waals surface area contributed by atoms with Crippen LogP contribution in [0.1, 0.15) is 19.5 Å². The van der Waals surface area contributed by atoms with Gasteiger partial charge in [-0.3, -0.25) is 0 Å². The van der Waals surface area contributed by atoms with E-state index in [1.165, 1.54) is 0 Å². The fourth-order valence-electron chi connectivity index (χ4n) is 1.05. The second-order valence-electron chi connectivity index (χ2n) is 3.41. The van der Waals surface area contributed by atoms with E-state index in [4.69, 9.17) is 11.6 Å². The highest BCUT2D eigenvalue weighted by molar-refractivity contribution is 6.31. The van der Waals surface area contributed by atoms with E-state index in [9.17, 15) is 0 Å². The standard InChI is InChI=1S/C10H16ClN3/c1-7(2)13-6-9-8(11)4-5-10(12-3)14-9/h4-5,7,13H,6H2,1-3H3,(H,12,14). The van der Waals surface area contributed by atoms with Gasteiger partial charge in [0.15, 0.2) is 0 Å². The van der Waals surface area contributed by atoms with Gasteiger partial charge in [0.2, 0.25) is 0 Å². The summed E-state index contributed by atoms with van der Waals surface area (Å²) in [5.74, 6) is 0.843. The van der Waals surface area contributed by atoms with Crippen LogP contribution in [0.2, 0.25) is 5.02 Å². The molecule has 14 heavy (non-hydrogen) atoms. The summed E-state index contributed by atoms with van der Waals surface area (Å²) >= 11 is 6.01. The second kappa shape index (κ2) is 5.17. The maximum atomic E-state index is 6.01. The Kier molecular flexibility index (Phi) is 4.17. The van der Waals surface area contributed by atoms with E-state index >= 15 is 0 Å². The normalized spacial score (nSPS) is 10.6. The van der Waals surface area contributed by atoms with Crippen LogP contribution in [0.3, 0.4) is 0 Å². The number of nitrogens with zero attached hydrogens (tertiary/aromatic N) is 1. The van der Waals surface area contributed by atoms with E-state index in [-0.39, 0.29) is 0 Å². The van der Waals surface area contributed by atoms with Crippen molar-refractivity contribution in [1.29, 1.82) is 0 Å². The Morgan fingerprint density at radius 3 is 2.71 bits per heavy atom. The van der Waals surface area contributed by atoms with Crippen LogP contribution in [0, 0.1) is 0 Å². The van der Waals surface area contributed by atoms with Gasteiger partial charge in [0, 0.05) is 19.6 Å². The maximum absolute atomic E-state index is 6.01. The Morgan fingerprint density at radius 2 is 2.14 bits per heavy atom. The highest BCUT2D eigenvalue weighted by atomic mass is 35.5. The van der Waals surface area contributed by atoms with E-state index in [1.54, 1.807) is 0 Å². The molecular weight excluding hydrogens is 198 g/mol. The van der Waals surface area contributed by atoms with Gasteiger partial charge in [0.25, 0.3) is 0 Å². The maximum Gasteiger partial charge on any atom is 0.126 e. The minimum Gasteiger partial charge on any atom is -0.373 e. The molecule has 1 rings (SSSR count). The molecule has 78 valence electrons. The molecule has 1 aromatic rings. The summed E-state index contributed by atoms with van der Waals surface area (Å²) in [4.78, 5) is 4.36. The molecule has 0 saturated heterocycles. The molecule has 3 nitrogen and oxygen atoms in total. The van der Waals surface area contributed by atoms with E-state index < -0.39 is 0 Å². The van der Waals surface area contributed by atoms with Crippen LogP contribution in [0.15, 0.2) is 12.1 Å². The lowest BCUT2D eigenvalue weighted by atomic mass is 10.3. The van der Waals surface area contributed by atoms with Gasteiger partial charge in [-0.2, -0.15) is 0 Å². The molecule has 0 saturated carbocycles. The minimum absolute atomic E-state index is 0.436. The lowest BCUT2D eigenvalue weighted by molar-refractivity contribution is 0.582. The average Bonchev–Trinajstić information content (AvgIpc) is 2.16. The predicted molar refractivity (Wildman–Crippen MR) is 60.8 cm³/mol. The number of nitrogens with one attached hydrogen (secondary N) is 2. The lowest BCUT2D eigenvalue weighted by Gasteiger charge is -2.10. The Labute approximate surface area is 89.9 Å². The number of pyridine rings is 1. The zero-order valence-electron chi connectivity index (χ0n) is 8.76. The van der Waals surface area contributed by atoms with Crippen LogP contribution in [0.4, 0.5) is 5.82 Å². The summed E-state index contributed by atoms with van der Waals surface area (Å²) in [5, 5.41) is 6.97. The first-order chi connectivity index (χ1) is 6.63. The Hall–Kier alpha value is -0.800. The van der Waals surface area contributed by atoms with Crippen molar-refractivity contribution in [2.45, 2.75) is 26.4 Å². The molecule has 0 aromatic carbocycles. The van der Waals surface area contributed by atoms with Crippen molar-refractivity contribution >= 4 is 17.4 Å². The summed E-state index contributed by atoms with van der Waals surface area (Å²) in [7, 11) is 1.84. The molecule has 1 aromatic heterocycles. The molecule has 0 unspecified atom stereocenters. The topological polar surface area (TPSA) is 37.0 Å². The highest BCUT2D eigenvalue weighted by Crippen LogP contribution is 2.16. The van der Waals surface area contributed by atoms with E-state index in [0.717, 1.165) is 11.5 Å². The molecule has 0 aliphatic rings. The number of hydrogen-bond donors (Lipinski definition) is 2. The molecule has 0 spiro atoms. The summed E-state index contributed by atoms with van der Waals surface area (Å²) < 4.78 is 0. The molecule has 4 heteroatoms. The number of anilines is 1. The largest absolute Gasteiger partial charge is 0.373 e. The third-order valence-corrected chi connectivity index (χ3v) is 2.20. The molecule has 0 aliphatic carbocycles. The molecule has 2 N–H and O–H groups in total. The van der Waals surface area contributed by atoms with Crippen molar-refractivity contribution in [1.82, 2.24) is 10.3 Å². The zero-order chi connectivity index (χ0) is 10.6. The van der Waals surface area contributed by atoms with Gasteiger partial charge in [-0.05, 0) is 12.1 Å². The smallest absolute Gasteiger partial charge is 0.126 e. The molecule has 0 bridgehead atoms. The lowest BCUT2D eigenvalue weighted by Crippen LogP contribution is -2.22. The van der Waals surface area contributed by atoms with E-state index in [0.29, 0.717) is 17.6 Å². The first-order valence-corrected chi connectivity index (χ1v) is 5.08. The number of halogens is 1. The molecule has 0 fully saturated rings. The van der Waals surface area contributed by atoms with Gasteiger partial charge < -0.3 is 10.6 Å². The fraction of sp³-hybridized carbons (Fsp3) is 0.500.